The minimum absolute atomic E-state index is 0.00833. The molecule has 0 spiro atoms. The van der Waals surface area contributed by atoms with Crippen molar-refractivity contribution in [3.63, 3.8) is 0 Å². The molecule has 1 atom stereocenters. The Hall–Kier alpha value is -2.00. The van der Waals surface area contributed by atoms with Gasteiger partial charge in [0.1, 0.15) is 0 Å². The van der Waals surface area contributed by atoms with Gasteiger partial charge in [0.15, 0.2) is 0 Å². The lowest BCUT2D eigenvalue weighted by Gasteiger charge is -2.37. The third-order valence-electron chi connectivity index (χ3n) is 6.06. The molecule has 1 amide bonds. The topological polar surface area (TPSA) is 44.8 Å². The number of benzene rings is 2. The zero-order valence-corrected chi connectivity index (χ0v) is 21.3. The summed E-state index contributed by atoms with van der Waals surface area (Å²) < 4.78 is 45.1. The van der Waals surface area contributed by atoms with E-state index in [1.165, 1.54) is 12.1 Å². The number of amides is 1. The van der Waals surface area contributed by atoms with Crippen LogP contribution in [0.4, 0.5) is 18.9 Å². The molecule has 35 heavy (non-hydrogen) atoms. The first-order valence-electron chi connectivity index (χ1n) is 11.5. The van der Waals surface area contributed by atoms with Gasteiger partial charge in [-0.25, -0.2) is 0 Å². The average Bonchev–Trinajstić information content (AvgIpc) is 2.81. The molecule has 1 heterocycles. The quantitative estimate of drug-likeness (QED) is 0.469. The molecule has 192 valence electrons. The molecule has 1 N–H and O–H groups in total. The number of carbonyl (C=O) groups excluding carboxylic acids is 1. The summed E-state index contributed by atoms with van der Waals surface area (Å²) in [6, 6.07) is 9.07. The van der Waals surface area contributed by atoms with E-state index >= 15 is 0 Å². The number of anilines is 1. The number of nitrogens with one attached hydrogen (secondary N) is 1. The van der Waals surface area contributed by atoms with Crippen molar-refractivity contribution in [1.29, 1.82) is 0 Å². The maximum atomic E-state index is 13.3. The predicted molar refractivity (Wildman–Crippen MR) is 133 cm³/mol. The number of carbonyl (C=O) groups is 1. The summed E-state index contributed by atoms with van der Waals surface area (Å²) in [6.07, 6.45) is -3.57. The van der Waals surface area contributed by atoms with E-state index in [-0.39, 0.29) is 18.5 Å². The van der Waals surface area contributed by atoms with Crippen LogP contribution < -0.4 is 10.2 Å². The first-order chi connectivity index (χ1) is 16.6. The standard InChI is InChI=1S/C25H30Cl2F3N3O2/c1-17(16-35-2)31-15-19-13-20(25(28,29)30)5-7-23(19)32-9-11-33(12-10-32)24(34)8-4-18-3-6-21(26)14-22(18)27/h3,5-7,13-14,17,31H,4,8-12,15-16H2,1-2H3. The van der Waals surface area contributed by atoms with Crippen LogP contribution in [0.15, 0.2) is 36.4 Å². The summed E-state index contributed by atoms with van der Waals surface area (Å²) in [7, 11) is 1.58. The van der Waals surface area contributed by atoms with Crippen LogP contribution in [0.25, 0.3) is 0 Å². The van der Waals surface area contributed by atoms with E-state index in [9.17, 15) is 18.0 Å². The Labute approximate surface area is 214 Å². The van der Waals surface area contributed by atoms with Crippen LogP contribution in [0, 0.1) is 0 Å². The van der Waals surface area contributed by atoms with Crippen molar-refractivity contribution in [3.8, 4) is 0 Å². The van der Waals surface area contributed by atoms with Crippen LogP contribution in [-0.4, -0.2) is 56.7 Å². The zero-order chi connectivity index (χ0) is 25.6. The molecule has 0 saturated carbocycles. The largest absolute Gasteiger partial charge is 0.416 e. The van der Waals surface area contributed by atoms with Crippen LogP contribution >= 0.6 is 23.2 Å². The average molecular weight is 532 g/mol. The maximum Gasteiger partial charge on any atom is 0.416 e. The lowest BCUT2D eigenvalue weighted by molar-refractivity contribution is -0.137. The fourth-order valence-electron chi connectivity index (χ4n) is 4.13. The first kappa shape index (κ1) is 27.6. The van der Waals surface area contributed by atoms with Crippen LogP contribution in [-0.2, 0) is 28.7 Å². The molecule has 0 bridgehead atoms. The lowest BCUT2D eigenvalue weighted by Crippen LogP contribution is -2.49. The molecular formula is C25H30Cl2F3N3O2. The van der Waals surface area contributed by atoms with Crippen LogP contribution in [0.5, 0.6) is 0 Å². The van der Waals surface area contributed by atoms with E-state index in [0.29, 0.717) is 61.2 Å². The summed E-state index contributed by atoms with van der Waals surface area (Å²) in [5.41, 5.74) is 1.51. The Bertz CT molecular complexity index is 1010. The number of halogens is 5. The van der Waals surface area contributed by atoms with E-state index < -0.39 is 11.7 Å². The van der Waals surface area contributed by atoms with Crippen molar-refractivity contribution in [1.82, 2.24) is 10.2 Å². The van der Waals surface area contributed by atoms with Gasteiger partial charge in [0.2, 0.25) is 5.91 Å². The van der Waals surface area contributed by atoms with Gasteiger partial charge in [-0.05, 0) is 54.8 Å². The highest BCUT2D eigenvalue weighted by atomic mass is 35.5. The molecule has 0 aliphatic carbocycles. The Kier molecular flexibility index (Phi) is 9.69. The Balaban J connectivity index is 1.63. The fourth-order valence-corrected chi connectivity index (χ4v) is 4.63. The zero-order valence-electron chi connectivity index (χ0n) is 19.8. The molecule has 3 rings (SSSR count). The lowest BCUT2D eigenvalue weighted by atomic mass is 10.1. The number of rotatable bonds is 9. The highest BCUT2D eigenvalue weighted by Crippen LogP contribution is 2.33. The highest BCUT2D eigenvalue weighted by molar-refractivity contribution is 6.35. The van der Waals surface area contributed by atoms with E-state index in [1.807, 2.05) is 17.9 Å². The van der Waals surface area contributed by atoms with Crippen molar-refractivity contribution >= 4 is 34.8 Å². The molecule has 1 saturated heterocycles. The van der Waals surface area contributed by atoms with Gasteiger partial charge in [0.05, 0.1) is 12.2 Å². The molecule has 1 aliphatic heterocycles. The van der Waals surface area contributed by atoms with Gasteiger partial charge >= 0.3 is 6.18 Å². The molecule has 0 aromatic heterocycles. The van der Waals surface area contributed by atoms with Crippen molar-refractivity contribution < 1.29 is 22.7 Å². The molecule has 1 fully saturated rings. The monoisotopic (exact) mass is 531 g/mol. The van der Waals surface area contributed by atoms with Gasteiger partial charge in [-0.3, -0.25) is 4.79 Å². The maximum absolute atomic E-state index is 13.3. The van der Waals surface area contributed by atoms with Crippen LogP contribution in [0.3, 0.4) is 0 Å². The van der Waals surface area contributed by atoms with Gasteiger partial charge in [0, 0.05) is 68.0 Å². The number of alkyl halides is 3. The number of hydrogen-bond donors (Lipinski definition) is 1. The Morgan fingerprint density at radius 2 is 1.80 bits per heavy atom. The van der Waals surface area contributed by atoms with Gasteiger partial charge in [-0.1, -0.05) is 29.3 Å². The van der Waals surface area contributed by atoms with E-state index in [0.717, 1.165) is 17.3 Å². The molecular weight excluding hydrogens is 502 g/mol. The molecule has 10 heteroatoms. The van der Waals surface area contributed by atoms with E-state index in [2.05, 4.69) is 5.32 Å². The minimum atomic E-state index is -4.41. The SMILES string of the molecule is COCC(C)NCc1cc(C(F)(F)F)ccc1N1CCN(C(=O)CCc2ccc(Cl)cc2Cl)CC1. The number of aryl methyl sites for hydroxylation is 1. The summed E-state index contributed by atoms with van der Waals surface area (Å²) in [5, 5.41) is 4.31. The Morgan fingerprint density at radius 1 is 1.09 bits per heavy atom. The second-order valence-corrected chi connectivity index (χ2v) is 9.53. The van der Waals surface area contributed by atoms with Crippen molar-refractivity contribution in [2.75, 3.05) is 44.8 Å². The first-order valence-corrected chi connectivity index (χ1v) is 12.2. The van der Waals surface area contributed by atoms with Crippen molar-refractivity contribution in [3.05, 3.63) is 63.1 Å². The van der Waals surface area contributed by atoms with Gasteiger partial charge in [-0.15, -0.1) is 0 Å². The van der Waals surface area contributed by atoms with Gasteiger partial charge < -0.3 is 19.9 Å². The van der Waals surface area contributed by atoms with Gasteiger partial charge in [-0.2, -0.15) is 13.2 Å². The minimum Gasteiger partial charge on any atom is -0.383 e. The van der Waals surface area contributed by atoms with Gasteiger partial charge in [0.25, 0.3) is 0 Å². The second-order valence-electron chi connectivity index (χ2n) is 8.68. The van der Waals surface area contributed by atoms with Crippen molar-refractivity contribution in [2.24, 2.45) is 0 Å². The number of methoxy groups -OCH3 is 1. The van der Waals surface area contributed by atoms with E-state index in [4.69, 9.17) is 27.9 Å². The smallest absolute Gasteiger partial charge is 0.383 e. The number of hydrogen-bond acceptors (Lipinski definition) is 4. The predicted octanol–water partition coefficient (Wildman–Crippen LogP) is 5.42. The molecule has 2 aromatic carbocycles. The fraction of sp³-hybridized carbons (Fsp3) is 0.480. The second kappa shape index (κ2) is 12.3. The summed E-state index contributed by atoms with van der Waals surface area (Å²) in [6.45, 7) is 4.74. The molecule has 1 unspecified atom stereocenters. The molecule has 2 aromatic rings. The van der Waals surface area contributed by atoms with Crippen LogP contribution in [0.1, 0.15) is 30.0 Å². The molecule has 0 radical (unpaired) electrons. The highest BCUT2D eigenvalue weighted by Gasteiger charge is 2.32. The molecule has 5 nitrogen and oxygen atoms in total. The molecule has 1 aliphatic rings. The summed E-state index contributed by atoms with van der Waals surface area (Å²) >= 11 is 12.1. The number of piperazine rings is 1. The third-order valence-corrected chi connectivity index (χ3v) is 6.65. The van der Waals surface area contributed by atoms with Crippen molar-refractivity contribution in [2.45, 2.75) is 38.5 Å². The van der Waals surface area contributed by atoms with Crippen LogP contribution in [0.2, 0.25) is 10.0 Å². The number of ether oxygens (including phenoxy) is 1. The van der Waals surface area contributed by atoms with E-state index in [1.54, 1.807) is 24.1 Å². The number of nitrogens with zero attached hydrogens (tertiary/aromatic N) is 2. The normalized spacial score (nSPS) is 15.4. The third kappa shape index (κ3) is 7.74. The Morgan fingerprint density at radius 3 is 2.43 bits per heavy atom. The summed E-state index contributed by atoms with van der Waals surface area (Å²) in [4.78, 5) is 16.6. The summed E-state index contributed by atoms with van der Waals surface area (Å²) in [5.74, 6) is 0.0263.